The van der Waals surface area contributed by atoms with Gasteiger partial charge in [0.15, 0.2) is 11.5 Å². The van der Waals surface area contributed by atoms with Gasteiger partial charge in [-0.25, -0.2) is 4.39 Å². The number of amides is 1. The van der Waals surface area contributed by atoms with Crippen LogP contribution in [0.2, 0.25) is 0 Å². The largest absolute Gasteiger partial charge is 0.493 e. The molecule has 1 fully saturated rings. The molecular formula is C30H34FN3O3. The van der Waals surface area contributed by atoms with Crippen LogP contribution >= 0.6 is 0 Å². The number of methoxy groups -OCH3 is 2. The Kier molecular flexibility index (Phi) is 7.60. The molecule has 37 heavy (non-hydrogen) atoms. The average Bonchev–Trinajstić information content (AvgIpc) is 2.93. The van der Waals surface area contributed by atoms with Gasteiger partial charge < -0.3 is 19.7 Å². The molecular weight excluding hydrogens is 469 g/mol. The van der Waals surface area contributed by atoms with Gasteiger partial charge in [-0.3, -0.25) is 9.69 Å². The lowest BCUT2D eigenvalue weighted by atomic mass is 9.83. The van der Waals surface area contributed by atoms with E-state index in [4.69, 9.17) is 9.47 Å². The maximum Gasteiger partial charge on any atom is 0.225 e. The number of rotatable bonds is 8. The van der Waals surface area contributed by atoms with Crippen molar-refractivity contribution in [3.63, 3.8) is 0 Å². The van der Waals surface area contributed by atoms with Gasteiger partial charge in [-0.2, -0.15) is 0 Å². The molecule has 1 saturated heterocycles. The lowest BCUT2D eigenvalue weighted by Gasteiger charge is -2.49. The third-order valence-electron chi connectivity index (χ3n) is 7.53. The molecule has 2 aliphatic heterocycles. The molecule has 2 atom stereocenters. The molecule has 0 aromatic heterocycles. The molecule has 1 amide bonds. The standard InChI is InChI=1S/C30H34FN3O3/c1-36-28-12-9-21(17-29(28)37-2)13-14-32-30(35)25-18-23-5-3-4-6-26(23)34-16-15-33(20-27(25)34)19-22-7-10-24(31)11-8-22/h3-12,17,25,27H,13-16,18-20H2,1-2H3,(H,32,35)/t25-,27+/m0/s1. The zero-order valence-corrected chi connectivity index (χ0v) is 21.5. The Bertz CT molecular complexity index is 1230. The molecule has 3 aromatic carbocycles. The van der Waals surface area contributed by atoms with E-state index >= 15 is 0 Å². The number of fused-ring (bicyclic) bond motifs is 3. The van der Waals surface area contributed by atoms with E-state index in [9.17, 15) is 9.18 Å². The van der Waals surface area contributed by atoms with E-state index < -0.39 is 0 Å². The van der Waals surface area contributed by atoms with Crippen molar-refractivity contribution in [2.75, 3.05) is 45.3 Å². The first-order chi connectivity index (χ1) is 18.1. The molecule has 7 heteroatoms. The SMILES string of the molecule is COc1ccc(CCNC(=O)[C@H]2Cc3ccccc3N3CCN(Cc4ccc(F)cc4)C[C@H]23)cc1OC. The zero-order valence-electron chi connectivity index (χ0n) is 21.5. The van der Waals surface area contributed by atoms with E-state index in [0.717, 1.165) is 43.7 Å². The van der Waals surface area contributed by atoms with Crippen LogP contribution in [0.4, 0.5) is 10.1 Å². The fraction of sp³-hybridized carbons (Fsp3) is 0.367. The van der Waals surface area contributed by atoms with Crippen molar-refractivity contribution in [1.29, 1.82) is 0 Å². The van der Waals surface area contributed by atoms with Crippen molar-refractivity contribution in [2.45, 2.75) is 25.4 Å². The lowest BCUT2D eigenvalue weighted by molar-refractivity contribution is -0.126. The van der Waals surface area contributed by atoms with Gasteiger partial charge in [-0.15, -0.1) is 0 Å². The minimum absolute atomic E-state index is 0.0881. The number of halogens is 1. The number of hydrogen-bond acceptors (Lipinski definition) is 5. The molecule has 2 heterocycles. The first-order valence-corrected chi connectivity index (χ1v) is 12.9. The Morgan fingerprint density at radius 3 is 2.51 bits per heavy atom. The van der Waals surface area contributed by atoms with Crippen molar-refractivity contribution in [3.8, 4) is 11.5 Å². The Labute approximate surface area is 218 Å². The number of hydrogen-bond donors (Lipinski definition) is 1. The van der Waals surface area contributed by atoms with Crippen molar-refractivity contribution in [1.82, 2.24) is 10.2 Å². The molecule has 194 valence electrons. The zero-order chi connectivity index (χ0) is 25.8. The predicted octanol–water partition coefficient (Wildman–Crippen LogP) is 4.06. The van der Waals surface area contributed by atoms with Crippen LogP contribution in [0.3, 0.4) is 0 Å². The summed E-state index contributed by atoms with van der Waals surface area (Å²) in [6.45, 7) is 3.85. The summed E-state index contributed by atoms with van der Waals surface area (Å²) in [6, 6.07) is 21.1. The van der Waals surface area contributed by atoms with Crippen LogP contribution < -0.4 is 19.7 Å². The minimum Gasteiger partial charge on any atom is -0.493 e. The lowest BCUT2D eigenvalue weighted by Crippen LogP contribution is -2.61. The molecule has 0 aliphatic carbocycles. The number of benzene rings is 3. The van der Waals surface area contributed by atoms with Crippen LogP contribution in [0.15, 0.2) is 66.7 Å². The van der Waals surface area contributed by atoms with Crippen LogP contribution in [-0.2, 0) is 24.2 Å². The van der Waals surface area contributed by atoms with Crippen LogP contribution in [0.25, 0.3) is 0 Å². The summed E-state index contributed by atoms with van der Waals surface area (Å²) in [5, 5.41) is 3.20. The molecule has 0 unspecified atom stereocenters. The summed E-state index contributed by atoms with van der Waals surface area (Å²) in [5.41, 5.74) is 4.63. The number of nitrogens with one attached hydrogen (secondary N) is 1. The predicted molar refractivity (Wildman–Crippen MR) is 143 cm³/mol. The van der Waals surface area contributed by atoms with E-state index in [1.54, 1.807) is 14.2 Å². The Balaban J connectivity index is 1.27. The van der Waals surface area contributed by atoms with Crippen molar-refractivity contribution < 1.29 is 18.7 Å². The van der Waals surface area contributed by atoms with Crippen molar-refractivity contribution >= 4 is 11.6 Å². The molecule has 0 saturated carbocycles. The summed E-state index contributed by atoms with van der Waals surface area (Å²) in [7, 11) is 3.25. The smallest absolute Gasteiger partial charge is 0.225 e. The first kappa shape index (κ1) is 25.1. The van der Waals surface area contributed by atoms with Crippen LogP contribution in [0.5, 0.6) is 11.5 Å². The number of carbonyl (C=O) groups is 1. The molecule has 2 aliphatic rings. The third kappa shape index (κ3) is 5.57. The van der Waals surface area contributed by atoms with Gasteiger partial charge in [-0.1, -0.05) is 36.4 Å². The quantitative estimate of drug-likeness (QED) is 0.503. The Morgan fingerprint density at radius 1 is 0.973 bits per heavy atom. The molecule has 0 spiro atoms. The molecule has 6 nitrogen and oxygen atoms in total. The third-order valence-corrected chi connectivity index (χ3v) is 7.53. The van der Waals surface area contributed by atoms with E-state index in [2.05, 4.69) is 39.4 Å². The fourth-order valence-electron chi connectivity index (χ4n) is 5.61. The highest BCUT2D eigenvalue weighted by molar-refractivity contribution is 5.82. The Hall–Kier alpha value is -3.58. The molecule has 0 bridgehead atoms. The van der Waals surface area contributed by atoms with E-state index in [0.29, 0.717) is 24.5 Å². The van der Waals surface area contributed by atoms with E-state index in [1.807, 2.05) is 30.3 Å². The number of para-hydroxylation sites is 1. The van der Waals surface area contributed by atoms with Gasteiger partial charge in [-0.05, 0) is 59.9 Å². The van der Waals surface area contributed by atoms with Crippen LogP contribution in [0, 0.1) is 11.7 Å². The van der Waals surface area contributed by atoms with E-state index in [-0.39, 0.29) is 23.7 Å². The summed E-state index contributed by atoms with van der Waals surface area (Å²) >= 11 is 0. The van der Waals surface area contributed by atoms with Crippen LogP contribution in [-0.4, -0.2) is 57.2 Å². The molecule has 0 radical (unpaired) electrons. The second-order valence-electron chi connectivity index (χ2n) is 9.79. The van der Waals surface area contributed by atoms with Crippen molar-refractivity contribution in [2.24, 2.45) is 5.92 Å². The van der Waals surface area contributed by atoms with E-state index in [1.165, 1.54) is 23.4 Å². The maximum atomic E-state index is 13.5. The topological polar surface area (TPSA) is 54.0 Å². The Morgan fingerprint density at radius 2 is 1.73 bits per heavy atom. The average molecular weight is 504 g/mol. The number of carbonyl (C=O) groups excluding carboxylic acids is 1. The number of anilines is 1. The van der Waals surface area contributed by atoms with Gasteiger partial charge in [0.25, 0.3) is 0 Å². The molecule has 1 N–H and O–H groups in total. The number of nitrogens with zero attached hydrogens (tertiary/aromatic N) is 2. The summed E-state index contributed by atoms with van der Waals surface area (Å²) < 4.78 is 24.1. The van der Waals surface area contributed by atoms with Gasteiger partial charge in [0.2, 0.25) is 5.91 Å². The highest BCUT2D eigenvalue weighted by Crippen LogP contribution is 2.36. The summed E-state index contributed by atoms with van der Waals surface area (Å²) in [6.07, 6.45) is 1.43. The van der Waals surface area contributed by atoms with Crippen LogP contribution in [0.1, 0.15) is 16.7 Å². The second kappa shape index (κ2) is 11.2. The minimum atomic E-state index is -0.220. The highest BCUT2D eigenvalue weighted by Gasteiger charge is 2.41. The molecule has 3 aromatic rings. The highest BCUT2D eigenvalue weighted by atomic mass is 19.1. The monoisotopic (exact) mass is 503 g/mol. The normalized spacial score (nSPS) is 19.1. The number of piperazine rings is 1. The molecule has 5 rings (SSSR count). The first-order valence-electron chi connectivity index (χ1n) is 12.9. The summed E-state index contributed by atoms with van der Waals surface area (Å²) in [4.78, 5) is 18.3. The number of ether oxygens (including phenoxy) is 2. The maximum absolute atomic E-state index is 13.5. The van der Waals surface area contributed by atoms with Gasteiger partial charge in [0.1, 0.15) is 5.82 Å². The summed E-state index contributed by atoms with van der Waals surface area (Å²) in [5.74, 6) is 1.11. The second-order valence-corrected chi connectivity index (χ2v) is 9.79. The van der Waals surface area contributed by atoms with Crippen molar-refractivity contribution in [3.05, 3.63) is 89.2 Å². The van der Waals surface area contributed by atoms with Gasteiger partial charge >= 0.3 is 0 Å². The van der Waals surface area contributed by atoms with Gasteiger partial charge in [0, 0.05) is 38.4 Å². The fourth-order valence-corrected chi connectivity index (χ4v) is 5.61. The van der Waals surface area contributed by atoms with Gasteiger partial charge in [0.05, 0.1) is 26.2 Å².